The topological polar surface area (TPSA) is 75.4 Å². The normalized spacial score (nSPS) is 17.1. The molecule has 1 aromatic carbocycles. The van der Waals surface area contributed by atoms with E-state index < -0.39 is 0 Å². The second kappa shape index (κ2) is 6.88. The molecular formula is C18H20N6O. The molecule has 1 aliphatic heterocycles. The van der Waals surface area contributed by atoms with Crippen molar-refractivity contribution in [2.45, 2.75) is 12.8 Å². The maximum absolute atomic E-state index is 12.2. The average molecular weight is 336 g/mol. The highest BCUT2D eigenvalue weighted by Crippen LogP contribution is 2.22. The average Bonchev–Trinajstić information content (AvgIpc) is 3.27. The molecule has 7 heteroatoms. The zero-order chi connectivity index (χ0) is 17.1. The van der Waals surface area contributed by atoms with Gasteiger partial charge in [0.05, 0.1) is 6.42 Å². The molecular weight excluding hydrogens is 316 g/mol. The molecule has 3 aromatic rings. The van der Waals surface area contributed by atoms with Crippen LogP contribution in [0.2, 0.25) is 0 Å². The number of rotatable bonds is 5. The van der Waals surface area contributed by atoms with Gasteiger partial charge in [-0.3, -0.25) is 4.79 Å². The molecule has 128 valence electrons. The number of amides is 1. The van der Waals surface area contributed by atoms with Crippen LogP contribution in [-0.2, 0) is 11.2 Å². The summed E-state index contributed by atoms with van der Waals surface area (Å²) in [5.74, 6) is 1.43. The lowest BCUT2D eigenvalue weighted by molar-refractivity contribution is -0.120. The molecule has 1 aliphatic rings. The molecule has 1 atom stereocenters. The predicted molar refractivity (Wildman–Crippen MR) is 94.3 cm³/mol. The number of carbonyl (C=O) groups excluding carboxylic acids is 1. The molecule has 1 amide bonds. The van der Waals surface area contributed by atoms with Crippen LogP contribution >= 0.6 is 0 Å². The molecule has 0 spiro atoms. The number of para-hydroxylation sites is 1. The first kappa shape index (κ1) is 15.6. The van der Waals surface area contributed by atoms with Crippen molar-refractivity contribution in [1.82, 2.24) is 24.9 Å². The van der Waals surface area contributed by atoms with Gasteiger partial charge in [-0.1, -0.05) is 18.2 Å². The quantitative estimate of drug-likeness (QED) is 0.760. The largest absolute Gasteiger partial charge is 0.371 e. The lowest BCUT2D eigenvalue weighted by atomic mass is 10.1. The summed E-state index contributed by atoms with van der Waals surface area (Å²) in [4.78, 5) is 22.9. The maximum Gasteiger partial charge on any atom is 0.252 e. The molecule has 1 N–H and O–H groups in total. The number of nitrogens with one attached hydrogen (secondary N) is 1. The molecule has 25 heavy (non-hydrogen) atoms. The number of aromatic nitrogens is 4. The van der Waals surface area contributed by atoms with E-state index in [9.17, 15) is 4.79 Å². The van der Waals surface area contributed by atoms with E-state index in [1.165, 1.54) is 5.69 Å². The van der Waals surface area contributed by atoms with Gasteiger partial charge in [0.15, 0.2) is 5.82 Å². The fourth-order valence-corrected chi connectivity index (χ4v) is 3.19. The van der Waals surface area contributed by atoms with Crippen LogP contribution in [0.1, 0.15) is 12.2 Å². The first-order valence-electron chi connectivity index (χ1n) is 8.51. The van der Waals surface area contributed by atoms with E-state index in [1.807, 2.05) is 6.07 Å². The molecule has 0 saturated carbocycles. The van der Waals surface area contributed by atoms with Gasteiger partial charge in [0.25, 0.3) is 5.78 Å². The highest BCUT2D eigenvalue weighted by atomic mass is 16.1. The molecule has 2 aromatic heterocycles. The van der Waals surface area contributed by atoms with Crippen LogP contribution in [0.5, 0.6) is 0 Å². The molecule has 7 nitrogen and oxygen atoms in total. The van der Waals surface area contributed by atoms with E-state index >= 15 is 0 Å². The van der Waals surface area contributed by atoms with Crippen molar-refractivity contribution >= 4 is 17.4 Å². The SMILES string of the molecule is O=C(Cc1nc2ncccn2n1)NC[C@@H]1CCN(c2ccccc2)C1. The zero-order valence-corrected chi connectivity index (χ0v) is 13.9. The molecule has 4 rings (SSSR count). The minimum Gasteiger partial charge on any atom is -0.371 e. The highest BCUT2D eigenvalue weighted by molar-refractivity contribution is 5.77. The van der Waals surface area contributed by atoms with Crippen LogP contribution in [0.15, 0.2) is 48.8 Å². The lowest BCUT2D eigenvalue weighted by Gasteiger charge is -2.18. The van der Waals surface area contributed by atoms with Crippen LogP contribution in [0.4, 0.5) is 5.69 Å². The smallest absolute Gasteiger partial charge is 0.252 e. The molecule has 3 heterocycles. The van der Waals surface area contributed by atoms with Gasteiger partial charge in [0, 0.05) is 37.7 Å². The third kappa shape index (κ3) is 3.60. The van der Waals surface area contributed by atoms with Gasteiger partial charge >= 0.3 is 0 Å². The standard InChI is InChI=1S/C18H20N6O/c25-17(11-16-21-18-19-8-4-9-24(18)22-16)20-12-14-7-10-23(13-14)15-5-2-1-3-6-15/h1-6,8-9,14H,7,10-13H2,(H,20,25)/t14-/m0/s1. The van der Waals surface area contributed by atoms with E-state index in [0.29, 0.717) is 24.1 Å². The van der Waals surface area contributed by atoms with E-state index in [1.54, 1.807) is 23.0 Å². The van der Waals surface area contributed by atoms with Crippen molar-refractivity contribution < 1.29 is 4.79 Å². The van der Waals surface area contributed by atoms with Crippen molar-refractivity contribution in [2.75, 3.05) is 24.5 Å². The summed E-state index contributed by atoms with van der Waals surface area (Å²) in [6.07, 6.45) is 4.70. The minimum absolute atomic E-state index is 0.0472. The molecule has 1 saturated heterocycles. The van der Waals surface area contributed by atoms with Crippen LogP contribution < -0.4 is 10.2 Å². The van der Waals surface area contributed by atoms with Gasteiger partial charge in [-0.2, -0.15) is 4.98 Å². The molecule has 0 unspecified atom stereocenters. The van der Waals surface area contributed by atoms with Gasteiger partial charge in [-0.15, -0.1) is 5.10 Å². The Morgan fingerprint density at radius 3 is 2.96 bits per heavy atom. The van der Waals surface area contributed by atoms with Crippen molar-refractivity contribution in [2.24, 2.45) is 5.92 Å². The number of anilines is 1. The second-order valence-corrected chi connectivity index (χ2v) is 6.31. The van der Waals surface area contributed by atoms with Gasteiger partial charge in [0.1, 0.15) is 0 Å². The van der Waals surface area contributed by atoms with Crippen molar-refractivity contribution in [3.05, 3.63) is 54.6 Å². The third-order valence-corrected chi connectivity index (χ3v) is 4.47. The Kier molecular flexibility index (Phi) is 4.28. The highest BCUT2D eigenvalue weighted by Gasteiger charge is 2.23. The summed E-state index contributed by atoms with van der Waals surface area (Å²) in [6.45, 7) is 2.69. The first-order chi connectivity index (χ1) is 12.3. The lowest BCUT2D eigenvalue weighted by Crippen LogP contribution is -2.32. The Morgan fingerprint density at radius 2 is 2.12 bits per heavy atom. The number of carbonyl (C=O) groups is 1. The number of fused-ring (bicyclic) bond motifs is 1. The first-order valence-corrected chi connectivity index (χ1v) is 8.51. The Bertz CT molecular complexity index is 829. The number of nitrogens with zero attached hydrogens (tertiary/aromatic N) is 5. The summed E-state index contributed by atoms with van der Waals surface area (Å²) < 4.78 is 1.58. The minimum atomic E-state index is -0.0472. The molecule has 0 radical (unpaired) electrons. The van der Waals surface area contributed by atoms with E-state index in [4.69, 9.17) is 0 Å². The Balaban J connectivity index is 1.28. The number of hydrogen-bond donors (Lipinski definition) is 1. The molecule has 0 aliphatic carbocycles. The monoisotopic (exact) mass is 336 g/mol. The van der Waals surface area contributed by atoms with Crippen molar-refractivity contribution in [3.63, 3.8) is 0 Å². The van der Waals surface area contributed by atoms with Gasteiger partial charge < -0.3 is 10.2 Å². The summed E-state index contributed by atoms with van der Waals surface area (Å²) in [5, 5.41) is 7.27. The number of hydrogen-bond acceptors (Lipinski definition) is 5. The van der Waals surface area contributed by atoms with E-state index in [-0.39, 0.29) is 12.3 Å². The van der Waals surface area contributed by atoms with Crippen LogP contribution in [0.25, 0.3) is 5.78 Å². The molecule has 1 fully saturated rings. The predicted octanol–water partition coefficient (Wildman–Crippen LogP) is 1.31. The number of benzene rings is 1. The molecule has 0 bridgehead atoms. The summed E-state index contributed by atoms with van der Waals surface area (Å²) in [7, 11) is 0. The van der Waals surface area contributed by atoms with Crippen molar-refractivity contribution in [3.8, 4) is 0 Å². The Hall–Kier alpha value is -2.96. The Labute approximate surface area is 145 Å². The summed E-state index contributed by atoms with van der Waals surface area (Å²) >= 11 is 0. The van der Waals surface area contributed by atoms with Crippen LogP contribution in [-0.4, -0.2) is 45.1 Å². The zero-order valence-electron chi connectivity index (χ0n) is 13.9. The second-order valence-electron chi connectivity index (χ2n) is 6.31. The van der Waals surface area contributed by atoms with Gasteiger partial charge in [0.2, 0.25) is 5.91 Å². The van der Waals surface area contributed by atoms with Crippen molar-refractivity contribution in [1.29, 1.82) is 0 Å². The fourth-order valence-electron chi connectivity index (χ4n) is 3.19. The summed E-state index contributed by atoms with van der Waals surface area (Å²) in [6, 6.07) is 12.2. The Morgan fingerprint density at radius 1 is 1.24 bits per heavy atom. The summed E-state index contributed by atoms with van der Waals surface area (Å²) in [5.41, 5.74) is 1.25. The van der Waals surface area contributed by atoms with Crippen LogP contribution in [0, 0.1) is 5.92 Å². The maximum atomic E-state index is 12.2. The van der Waals surface area contributed by atoms with Gasteiger partial charge in [-0.25, -0.2) is 9.50 Å². The third-order valence-electron chi connectivity index (χ3n) is 4.47. The van der Waals surface area contributed by atoms with E-state index in [2.05, 4.69) is 49.5 Å². The van der Waals surface area contributed by atoms with Gasteiger partial charge in [-0.05, 0) is 30.5 Å². The fraction of sp³-hybridized carbons (Fsp3) is 0.333. The van der Waals surface area contributed by atoms with Crippen LogP contribution in [0.3, 0.4) is 0 Å². The van der Waals surface area contributed by atoms with E-state index in [0.717, 1.165) is 19.5 Å².